The van der Waals surface area contributed by atoms with Crippen LogP contribution in [-0.4, -0.2) is 36.1 Å². The number of hydrogen-bond donors (Lipinski definition) is 3. The van der Waals surface area contributed by atoms with E-state index in [1.54, 1.807) is 18.2 Å². The number of carbonyl (C=O) groups is 3. The normalized spacial score (nSPS) is 10.5. The SMILES string of the molecule is CCCCOC(=O)c1ccccc1NC(=O)/C(C#N)=C\NCCC(=O)O. The highest BCUT2D eigenvalue weighted by Gasteiger charge is 2.16. The van der Waals surface area contributed by atoms with Gasteiger partial charge < -0.3 is 20.5 Å². The lowest BCUT2D eigenvalue weighted by molar-refractivity contribution is -0.136. The molecule has 0 heterocycles. The summed E-state index contributed by atoms with van der Waals surface area (Å²) in [4.78, 5) is 34.7. The summed E-state index contributed by atoms with van der Waals surface area (Å²) in [6, 6.07) is 8.05. The molecule has 8 nitrogen and oxygen atoms in total. The zero-order chi connectivity index (χ0) is 19.4. The quantitative estimate of drug-likeness (QED) is 0.252. The number of para-hydroxylation sites is 1. The van der Waals surface area contributed by atoms with Crippen LogP contribution in [-0.2, 0) is 14.3 Å². The second-order valence-electron chi connectivity index (χ2n) is 5.26. The van der Waals surface area contributed by atoms with Crippen molar-refractivity contribution in [3.8, 4) is 6.07 Å². The van der Waals surface area contributed by atoms with Gasteiger partial charge in [0.1, 0.15) is 11.6 Å². The average Bonchev–Trinajstić information content (AvgIpc) is 2.62. The van der Waals surface area contributed by atoms with Gasteiger partial charge in [-0.1, -0.05) is 25.5 Å². The van der Waals surface area contributed by atoms with Gasteiger partial charge in [-0.15, -0.1) is 0 Å². The second-order valence-corrected chi connectivity index (χ2v) is 5.26. The Morgan fingerprint density at radius 2 is 2.04 bits per heavy atom. The lowest BCUT2D eigenvalue weighted by atomic mass is 10.1. The monoisotopic (exact) mass is 359 g/mol. The minimum absolute atomic E-state index is 0.0775. The number of hydrogen-bond acceptors (Lipinski definition) is 6. The molecule has 0 radical (unpaired) electrons. The van der Waals surface area contributed by atoms with Gasteiger partial charge in [-0.05, 0) is 18.6 Å². The first-order chi connectivity index (χ1) is 12.5. The maximum Gasteiger partial charge on any atom is 0.340 e. The molecule has 1 aromatic carbocycles. The van der Waals surface area contributed by atoms with E-state index in [2.05, 4.69) is 10.6 Å². The van der Waals surface area contributed by atoms with Gasteiger partial charge in [0.2, 0.25) is 0 Å². The van der Waals surface area contributed by atoms with Crippen LogP contribution in [0.15, 0.2) is 36.0 Å². The van der Waals surface area contributed by atoms with E-state index in [1.807, 2.05) is 6.92 Å². The van der Waals surface area contributed by atoms with Crippen LogP contribution in [0.4, 0.5) is 5.69 Å². The molecule has 138 valence electrons. The van der Waals surface area contributed by atoms with Crippen molar-refractivity contribution in [1.29, 1.82) is 5.26 Å². The van der Waals surface area contributed by atoms with E-state index < -0.39 is 17.8 Å². The van der Waals surface area contributed by atoms with Crippen molar-refractivity contribution in [2.45, 2.75) is 26.2 Å². The summed E-state index contributed by atoms with van der Waals surface area (Å²) in [5.74, 6) is -2.27. The topological polar surface area (TPSA) is 129 Å². The average molecular weight is 359 g/mol. The summed E-state index contributed by atoms with van der Waals surface area (Å²) in [5, 5.41) is 22.7. The van der Waals surface area contributed by atoms with Gasteiger partial charge in [0.25, 0.3) is 5.91 Å². The third-order valence-corrected chi connectivity index (χ3v) is 3.22. The molecular weight excluding hydrogens is 338 g/mol. The minimum Gasteiger partial charge on any atom is -0.481 e. The third kappa shape index (κ3) is 7.05. The molecule has 0 aliphatic carbocycles. The predicted molar refractivity (Wildman–Crippen MR) is 94.2 cm³/mol. The van der Waals surface area contributed by atoms with Crippen molar-refractivity contribution in [3.63, 3.8) is 0 Å². The molecule has 0 spiro atoms. The molecule has 1 aromatic rings. The Kier molecular flexibility index (Phi) is 8.96. The summed E-state index contributed by atoms with van der Waals surface area (Å²) in [6.07, 6.45) is 2.62. The fourth-order valence-corrected chi connectivity index (χ4v) is 1.85. The molecule has 0 saturated carbocycles. The Bertz CT molecular complexity index is 722. The Labute approximate surface area is 151 Å². The Morgan fingerprint density at radius 1 is 1.31 bits per heavy atom. The number of nitrogens with one attached hydrogen (secondary N) is 2. The number of esters is 1. The van der Waals surface area contributed by atoms with E-state index in [1.165, 1.54) is 12.1 Å². The number of aliphatic carboxylic acids is 1. The Balaban J connectivity index is 2.79. The van der Waals surface area contributed by atoms with Crippen molar-refractivity contribution in [3.05, 3.63) is 41.6 Å². The van der Waals surface area contributed by atoms with Crippen LogP contribution in [0.2, 0.25) is 0 Å². The number of carbonyl (C=O) groups excluding carboxylic acids is 2. The van der Waals surface area contributed by atoms with Gasteiger partial charge in [0, 0.05) is 12.7 Å². The van der Waals surface area contributed by atoms with Crippen LogP contribution in [0, 0.1) is 11.3 Å². The highest BCUT2D eigenvalue weighted by Crippen LogP contribution is 2.17. The van der Waals surface area contributed by atoms with Gasteiger partial charge in [-0.25, -0.2) is 4.79 Å². The molecule has 26 heavy (non-hydrogen) atoms. The van der Waals surface area contributed by atoms with Gasteiger partial charge >= 0.3 is 11.9 Å². The first-order valence-corrected chi connectivity index (χ1v) is 8.12. The number of ether oxygens (including phenoxy) is 1. The van der Waals surface area contributed by atoms with Crippen LogP contribution >= 0.6 is 0 Å². The van der Waals surface area contributed by atoms with Gasteiger partial charge in [0.05, 0.1) is 24.3 Å². The van der Waals surface area contributed by atoms with E-state index in [-0.39, 0.29) is 36.4 Å². The molecule has 0 aliphatic rings. The lowest BCUT2D eigenvalue weighted by Gasteiger charge is -2.10. The van der Waals surface area contributed by atoms with Gasteiger partial charge in [-0.2, -0.15) is 5.26 Å². The van der Waals surface area contributed by atoms with Crippen molar-refractivity contribution in [2.75, 3.05) is 18.5 Å². The third-order valence-electron chi connectivity index (χ3n) is 3.22. The highest BCUT2D eigenvalue weighted by molar-refractivity contribution is 6.09. The van der Waals surface area contributed by atoms with E-state index in [4.69, 9.17) is 15.1 Å². The molecule has 0 bridgehead atoms. The lowest BCUT2D eigenvalue weighted by Crippen LogP contribution is -2.20. The number of carboxylic acid groups (broad SMARTS) is 1. The maximum absolute atomic E-state index is 12.2. The molecule has 0 unspecified atom stereocenters. The molecule has 0 saturated heterocycles. The number of amides is 1. The summed E-state index contributed by atoms with van der Waals surface area (Å²) in [6.45, 7) is 2.34. The van der Waals surface area contributed by atoms with Crippen LogP contribution in [0.1, 0.15) is 36.5 Å². The van der Waals surface area contributed by atoms with E-state index in [0.29, 0.717) is 0 Å². The van der Waals surface area contributed by atoms with E-state index >= 15 is 0 Å². The van der Waals surface area contributed by atoms with E-state index in [9.17, 15) is 14.4 Å². The highest BCUT2D eigenvalue weighted by atomic mass is 16.5. The van der Waals surface area contributed by atoms with Gasteiger partial charge in [0.15, 0.2) is 0 Å². The summed E-state index contributed by atoms with van der Waals surface area (Å²) >= 11 is 0. The molecule has 3 N–H and O–H groups in total. The first kappa shape index (κ1) is 20.7. The fourth-order valence-electron chi connectivity index (χ4n) is 1.85. The molecule has 0 aliphatic heterocycles. The zero-order valence-corrected chi connectivity index (χ0v) is 14.4. The number of nitrogens with zero attached hydrogens (tertiary/aromatic N) is 1. The van der Waals surface area contributed by atoms with Crippen molar-refractivity contribution in [2.24, 2.45) is 0 Å². The summed E-state index contributed by atoms with van der Waals surface area (Å²) < 4.78 is 5.14. The van der Waals surface area contributed by atoms with Crippen molar-refractivity contribution < 1.29 is 24.2 Å². The smallest absolute Gasteiger partial charge is 0.340 e. The molecular formula is C18H21N3O5. The Hall–Kier alpha value is -3.34. The summed E-state index contributed by atoms with van der Waals surface area (Å²) in [7, 11) is 0. The van der Waals surface area contributed by atoms with Crippen LogP contribution in [0.25, 0.3) is 0 Å². The largest absolute Gasteiger partial charge is 0.481 e. The van der Waals surface area contributed by atoms with Gasteiger partial charge in [-0.3, -0.25) is 9.59 Å². The van der Waals surface area contributed by atoms with Crippen molar-refractivity contribution >= 4 is 23.5 Å². The zero-order valence-electron chi connectivity index (χ0n) is 14.4. The number of nitriles is 1. The van der Waals surface area contributed by atoms with Crippen LogP contribution < -0.4 is 10.6 Å². The molecule has 8 heteroatoms. The Morgan fingerprint density at radius 3 is 2.69 bits per heavy atom. The van der Waals surface area contributed by atoms with Crippen LogP contribution in [0.3, 0.4) is 0 Å². The molecule has 1 rings (SSSR count). The molecule has 0 atom stereocenters. The maximum atomic E-state index is 12.2. The van der Waals surface area contributed by atoms with Crippen molar-refractivity contribution in [1.82, 2.24) is 5.32 Å². The van der Waals surface area contributed by atoms with Crippen LogP contribution in [0.5, 0.6) is 0 Å². The molecule has 0 aromatic heterocycles. The number of rotatable bonds is 10. The number of unbranched alkanes of at least 4 members (excludes halogenated alkanes) is 1. The first-order valence-electron chi connectivity index (χ1n) is 8.12. The van der Waals surface area contributed by atoms with E-state index in [0.717, 1.165) is 19.0 Å². The fraction of sp³-hybridized carbons (Fsp3) is 0.333. The molecule has 0 fully saturated rings. The number of carboxylic acids is 1. The predicted octanol–water partition coefficient (Wildman–Crippen LogP) is 2.05. The summed E-state index contributed by atoms with van der Waals surface area (Å²) in [5.41, 5.74) is 0.170. The second kappa shape index (κ2) is 11.3. The minimum atomic E-state index is -0.996. The standard InChI is InChI=1S/C18H21N3O5/c1-2-3-10-26-18(25)14-6-4-5-7-15(14)21-17(24)13(11-19)12-20-9-8-16(22)23/h4-7,12,20H,2-3,8-10H2,1H3,(H,21,24)(H,22,23)/b13-12-. The molecule has 1 amide bonds. The number of benzene rings is 1. The number of anilines is 1.